The lowest BCUT2D eigenvalue weighted by Gasteiger charge is -2.39. The largest absolute Gasteiger partial charge is 0.508 e. The molecule has 1 fully saturated rings. The number of phenolic OH excluding ortho intramolecular Hbond substituents is 1. The van der Waals surface area contributed by atoms with E-state index in [0.717, 1.165) is 43.8 Å². The van der Waals surface area contributed by atoms with Crippen LogP contribution in [-0.4, -0.2) is 30.3 Å². The lowest BCUT2D eigenvalue weighted by atomic mass is 9.88. The van der Waals surface area contributed by atoms with Gasteiger partial charge in [-0.05, 0) is 111 Å². The van der Waals surface area contributed by atoms with Gasteiger partial charge in [-0.15, -0.1) is 0 Å². The monoisotopic (exact) mass is 474 g/mol. The lowest BCUT2D eigenvalue weighted by Crippen LogP contribution is -2.46. The second-order valence-corrected chi connectivity index (χ2v) is 10.2. The predicted molar refractivity (Wildman–Crippen MR) is 139 cm³/mol. The van der Waals surface area contributed by atoms with Crippen LogP contribution in [0.2, 0.25) is 0 Å². The van der Waals surface area contributed by atoms with Gasteiger partial charge in [0.1, 0.15) is 17.3 Å². The van der Waals surface area contributed by atoms with Gasteiger partial charge in [-0.2, -0.15) is 0 Å². The third-order valence-corrected chi connectivity index (χ3v) is 7.62. The van der Waals surface area contributed by atoms with Gasteiger partial charge in [-0.3, -0.25) is 0 Å². The molecule has 3 aromatic rings. The van der Waals surface area contributed by atoms with E-state index in [1.165, 1.54) is 48.1 Å². The zero-order chi connectivity index (χ0) is 24.3. The molecule has 2 aliphatic heterocycles. The molecule has 0 spiro atoms. The molecule has 0 bridgehead atoms. The van der Waals surface area contributed by atoms with E-state index in [1.54, 1.807) is 6.07 Å². The smallest absolute Gasteiger partial charge is 0.123 e. The van der Waals surface area contributed by atoms with Crippen LogP contribution in [0.5, 0.6) is 11.5 Å². The molecular formula is C30H35FN2O2. The normalized spacial score (nSPS) is 22.0. The summed E-state index contributed by atoms with van der Waals surface area (Å²) >= 11 is 0. The summed E-state index contributed by atoms with van der Waals surface area (Å²) in [6.07, 6.45) is 6.43. The number of rotatable bonds is 7. The van der Waals surface area contributed by atoms with Crippen molar-refractivity contribution >= 4 is 5.69 Å². The molecule has 0 radical (unpaired) electrons. The van der Waals surface area contributed by atoms with Gasteiger partial charge in [-0.1, -0.05) is 24.6 Å². The standard InChI is InChI=1S/C30H35FN2O2/c1-30(15-2-3-17-32-30)16-19-35-27-11-4-22(5-12-27)20-29-28-13-10-26(34)21-23(28)14-18-33(29)25-8-6-24(31)7-9-25/h4-13,21,29,32,34H,2-3,14-20H2,1H3. The summed E-state index contributed by atoms with van der Waals surface area (Å²) in [5.41, 5.74) is 4.81. The summed E-state index contributed by atoms with van der Waals surface area (Å²) in [5, 5.41) is 13.7. The van der Waals surface area contributed by atoms with Crippen LogP contribution in [0.25, 0.3) is 0 Å². The maximum absolute atomic E-state index is 13.6. The fourth-order valence-electron chi connectivity index (χ4n) is 5.53. The van der Waals surface area contributed by atoms with Crippen molar-refractivity contribution in [1.82, 2.24) is 5.32 Å². The van der Waals surface area contributed by atoms with Gasteiger partial charge in [0.2, 0.25) is 0 Å². The highest BCUT2D eigenvalue weighted by atomic mass is 19.1. The van der Waals surface area contributed by atoms with Crippen molar-refractivity contribution in [2.75, 3.05) is 24.6 Å². The Hall–Kier alpha value is -3.05. The van der Waals surface area contributed by atoms with Crippen LogP contribution in [0.4, 0.5) is 10.1 Å². The third-order valence-electron chi connectivity index (χ3n) is 7.62. The SMILES string of the molecule is CC1(CCOc2ccc(CC3c4ccc(O)cc4CCN3c3ccc(F)cc3)cc2)CCCCN1. The summed E-state index contributed by atoms with van der Waals surface area (Å²) in [6, 6.07) is 20.9. The van der Waals surface area contributed by atoms with Gasteiger partial charge < -0.3 is 20.1 Å². The minimum atomic E-state index is -0.225. The Morgan fingerprint density at radius 3 is 2.60 bits per heavy atom. The quantitative estimate of drug-likeness (QED) is 0.429. The van der Waals surface area contributed by atoms with Crippen molar-refractivity contribution < 1.29 is 14.2 Å². The van der Waals surface area contributed by atoms with E-state index in [0.29, 0.717) is 12.4 Å². The first-order valence-electron chi connectivity index (χ1n) is 12.8. The first-order valence-corrected chi connectivity index (χ1v) is 12.8. The fourth-order valence-corrected chi connectivity index (χ4v) is 5.53. The maximum atomic E-state index is 13.6. The number of benzene rings is 3. The third kappa shape index (κ3) is 5.62. The molecular weight excluding hydrogens is 439 g/mol. The van der Waals surface area contributed by atoms with Crippen LogP contribution in [0.15, 0.2) is 66.7 Å². The number of nitrogens with zero attached hydrogens (tertiary/aromatic N) is 1. The maximum Gasteiger partial charge on any atom is 0.123 e. The molecule has 35 heavy (non-hydrogen) atoms. The Kier molecular flexibility index (Phi) is 6.96. The van der Waals surface area contributed by atoms with E-state index in [4.69, 9.17) is 4.74 Å². The second kappa shape index (κ2) is 10.3. The highest BCUT2D eigenvalue weighted by Crippen LogP contribution is 2.37. The molecule has 0 amide bonds. The van der Waals surface area contributed by atoms with Crippen LogP contribution in [0.3, 0.4) is 0 Å². The van der Waals surface area contributed by atoms with Crippen molar-refractivity contribution in [2.45, 2.75) is 57.0 Å². The van der Waals surface area contributed by atoms with Crippen LogP contribution < -0.4 is 15.0 Å². The van der Waals surface area contributed by atoms with Gasteiger partial charge in [0, 0.05) is 17.8 Å². The van der Waals surface area contributed by atoms with Crippen molar-refractivity contribution in [2.24, 2.45) is 0 Å². The zero-order valence-corrected chi connectivity index (χ0v) is 20.5. The molecule has 2 heterocycles. The van der Waals surface area contributed by atoms with Crippen LogP contribution in [0.1, 0.15) is 55.3 Å². The molecule has 0 saturated carbocycles. The molecule has 2 aliphatic rings. The van der Waals surface area contributed by atoms with Crippen molar-refractivity contribution in [1.29, 1.82) is 0 Å². The number of anilines is 1. The van der Waals surface area contributed by atoms with Crippen LogP contribution in [0, 0.1) is 5.82 Å². The molecule has 3 aromatic carbocycles. The molecule has 184 valence electrons. The van der Waals surface area contributed by atoms with Gasteiger partial charge in [0.05, 0.1) is 12.6 Å². The topological polar surface area (TPSA) is 44.7 Å². The van der Waals surface area contributed by atoms with E-state index in [9.17, 15) is 9.50 Å². The van der Waals surface area contributed by atoms with Gasteiger partial charge in [0.15, 0.2) is 0 Å². The Balaban J connectivity index is 1.29. The Morgan fingerprint density at radius 1 is 1.06 bits per heavy atom. The summed E-state index contributed by atoms with van der Waals surface area (Å²) in [5.74, 6) is 0.977. The lowest BCUT2D eigenvalue weighted by molar-refractivity contribution is 0.204. The summed E-state index contributed by atoms with van der Waals surface area (Å²) in [4.78, 5) is 2.35. The molecule has 0 aliphatic carbocycles. The van der Waals surface area contributed by atoms with Crippen molar-refractivity contribution in [3.8, 4) is 11.5 Å². The summed E-state index contributed by atoms with van der Waals surface area (Å²) in [6.45, 7) is 4.93. The molecule has 5 rings (SSSR count). The predicted octanol–water partition coefficient (Wildman–Crippen LogP) is 6.18. The molecule has 0 aromatic heterocycles. The number of aromatic hydroxyl groups is 1. The van der Waals surface area contributed by atoms with E-state index in [2.05, 4.69) is 41.4 Å². The molecule has 2 atom stereocenters. The van der Waals surface area contributed by atoms with Gasteiger partial charge in [-0.25, -0.2) is 4.39 Å². The zero-order valence-electron chi connectivity index (χ0n) is 20.5. The highest BCUT2D eigenvalue weighted by Gasteiger charge is 2.28. The van der Waals surface area contributed by atoms with E-state index < -0.39 is 0 Å². The molecule has 1 saturated heterocycles. The Bertz CT molecular complexity index is 1120. The molecule has 4 nitrogen and oxygen atoms in total. The minimum Gasteiger partial charge on any atom is -0.508 e. The average Bonchev–Trinajstić information content (AvgIpc) is 2.86. The van der Waals surface area contributed by atoms with E-state index >= 15 is 0 Å². The number of piperidine rings is 1. The van der Waals surface area contributed by atoms with Crippen molar-refractivity contribution in [3.05, 3.63) is 89.2 Å². The number of phenols is 1. The number of hydrogen-bond donors (Lipinski definition) is 2. The first kappa shape index (κ1) is 23.7. The molecule has 2 unspecified atom stereocenters. The summed E-state index contributed by atoms with van der Waals surface area (Å²) < 4.78 is 19.6. The second-order valence-electron chi connectivity index (χ2n) is 10.2. The number of fused-ring (bicyclic) bond motifs is 1. The van der Waals surface area contributed by atoms with Crippen molar-refractivity contribution in [3.63, 3.8) is 0 Å². The van der Waals surface area contributed by atoms with E-state index in [-0.39, 0.29) is 17.4 Å². The van der Waals surface area contributed by atoms with Crippen LogP contribution in [-0.2, 0) is 12.8 Å². The average molecular weight is 475 g/mol. The van der Waals surface area contributed by atoms with E-state index in [1.807, 2.05) is 24.3 Å². The summed E-state index contributed by atoms with van der Waals surface area (Å²) in [7, 11) is 0. The molecule has 5 heteroatoms. The number of hydrogen-bond acceptors (Lipinski definition) is 4. The van der Waals surface area contributed by atoms with Gasteiger partial charge >= 0.3 is 0 Å². The minimum absolute atomic E-state index is 0.105. The molecule has 2 N–H and O–H groups in total. The Morgan fingerprint density at radius 2 is 1.86 bits per heavy atom. The first-order chi connectivity index (χ1) is 17.0. The fraction of sp³-hybridized carbons (Fsp3) is 0.400. The number of halogens is 1. The number of nitrogens with one attached hydrogen (secondary N) is 1. The van der Waals surface area contributed by atoms with Gasteiger partial charge in [0.25, 0.3) is 0 Å². The van der Waals surface area contributed by atoms with Crippen LogP contribution >= 0.6 is 0 Å². The Labute approximate surface area is 207 Å². The highest BCUT2D eigenvalue weighted by molar-refractivity contribution is 5.53. The number of ether oxygens (including phenoxy) is 1.